The lowest BCUT2D eigenvalue weighted by molar-refractivity contribution is 0.101. The van der Waals surface area contributed by atoms with Gasteiger partial charge in [0.05, 0.1) is 15.7 Å². The highest BCUT2D eigenvalue weighted by molar-refractivity contribution is 7.09. The Morgan fingerprint density at radius 1 is 1.45 bits per heavy atom. The third-order valence-corrected chi connectivity index (χ3v) is 4.03. The standard InChI is InChI=1S/C15H16ClNO2S/c1-3-4-15-17-12(9-20-15)8-19-14-6-5-11(10(2)18)7-13(14)16/h5-7,9H,3-4,8H2,1-2H3. The van der Waals surface area contributed by atoms with Gasteiger partial charge in [-0.3, -0.25) is 4.79 Å². The van der Waals surface area contributed by atoms with Crippen LogP contribution in [0.5, 0.6) is 5.75 Å². The van der Waals surface area contributed by atoms with Crippen molar-refractivity contribution in [2.45, 2.75) is 33.3 Å². The van der Waals surface area contributed by atoms with Gasteiger partial charge in [-0.2, -0.15) is 0 Å². The molecule has 1 heterocycles. The number of hydrogen-bond donors (Lipinski definition) is 0. The zero-order chi connectivity index (χ0) is 14.5. The normalized spacial score (nSPS) is 10.6. The third-order valence-electron chi connectivity index (χ3n) is 2.78. The van der Waals surface area contributed by atoms with Gasteiger partial charge in [-0.25, -0.2) is 4.98 Å². The van der Waals surface area contributed by atoms with Gasteiger partial charge in [0.25, 0.3) is 0 Å². The number of carbonyl (C=O) groups excluding carboxylic acids is 1. The number of carbonyl (C=O) groups is 1. The molecule has 0 bridgehead atoms. The summed E-state index contributed by atoms with van der Waals surface area (Å²) < 4.78 is 5.65. The summed E-state index contributed by atoms with van der Waals surface area (Å²) >= 11 is 7.75. The summed E-state index contributed by atoms with van der Waals surface area (Å²) in [6.07, 6.45) is 2.09. The molecule has 5 heteroatoms. The molecule has 0 unspecified atom stereocenters. The lowest BCUT2D eigenvalue weighted by Gasteiger charge is -2.07. The van der Waals surface area contributed by atoms with Gasteiger partial charge in [0.2, 0.25) is 0 Å². The fourth-order valence-electron chi connectivity index (χ4n) is 1.73. The molecular weight excluding hydrogens is 294 g/mol. The number of aromatic nitrogens is 1. The molecule has 20 heavy (non-hydrogen) atoms. The molecule has 3 nitrogen and oxygen atoms in total. The quantitative estimate of drug-likeness (QED) is 0.736. The van der Waals surface area contributed by atoms with Crippen molar-refractivity contribution in [2.75, 3.05) is 0 Å². The van der Waals surface area contributed by atoms with Crippen LogP contribution in [0.15, 0.2) is 23.6 Å². The molecule has 2 aromatic rings. The molecule has 0 aliphatic carbocycles. The van der Waals surface area contributed by atoms with Crippen LogP contribution < -0.4 is 4.74 Å². The van der Waals surface area contributed by atoms with E-state index in [1.807, 2.05) is 5.38 Å². The number of ether oxygens (including phenoxy) is 1. The van der Waals surface area contributed by atoms with Crippen molar-refractivity contribution >= 4 is 28.7 Å². The summed E-state index contributed by atoms with van der Waals surface area (Å²) in [7, 11) is 0. The van der Waals surface area contributed by atoms with Gasteiger partial charge in [0.1, 0.15) is 12.4 Å². The van der Waals surface area contributed by atoms with Gasteiger partial charge in [-0.05, 0) is 38.0 Å². The van der Waals surface area contributed by atoms with E-state index in [1.54, 1.807) is 29.5 Å². The van der Waals surface area contributed by atoms with E-state index in [9.17, 15) is 4.79 Å². The molecule has 0 aliphatic rings. The number of Topliss-reactive ketones (excluding diaryl/α,β-unsaturated/α-hetero) is 1. The lowest BCUT2D eigenvalue weighted by Crippen LogP contribution is -1.98. The van der Waals surface area contributed by atoms with E-state index in [0.29, 0.717) is 22.9 Å². The van der Waals surface area contributed by atoms with Crippen LogP contribution in [-0.4, -0.2) is 10.8 Å². The van der Waals surface area contributed by atoms with Crippen LogP contribution in [0.4, 0.5) is 0 Å². The van der Waals surface area contributed by atoms with Crippen LogP contribution in [0.2, 0.25) is 5.02 Å². The summed E-state index contributed by atoms with van der Waals surface area (Å²) in [6, 6.07) is 5.06. The summed E-state index contributed by atoms with van der Waals surface area (Å²) in [4.78, 5) is 15.7. The zero-order valence-electron chi connectivity index (χ0n) is 11.5. The van der Waals surface area contributed by atoms with Crippen molar-refractivity contribution in [3.8, 4) is 5.75 Å². The van der Waals surface area contributed by atoms with E-state index in [-0.39, 0.29) is 5.78 Å². The molecule has 0 fully saturated rings. The first-order valence-corrected chi connectivity index (χ1v) is 7.72. The number of ketones is 1. The average molecular weight is 310 g/mol. The number of benzene rings is 1. The Bertz CT molecular complexity index is 610. The minimum Gasteiger partial charge on any atom is -0.486 e. The van der Waals surface area contributed by atoms with Crippen LogP contribution in [0.25, 0.3) is 0 Å². The van der Waals surface area contributed by atoms with E-state index in [2.05, 4.69) is 11.9 Å². The van der Waals surface area contributed by atoms with Gasteiger partial charge in [-0.1, -0.05) is 18.5 Å². The second-order valence-corrected chi connectivity index (χ2v) is 5.82. The first-order valence-electron chi connectivity index (χ1n) is 6.46. The Labute approximate surface area is 127 Å². The monoisotopic (exact) mass is 309 g/mol. The lowest BCUT2D eigenvalue weighted by atomic mass is 10.1. The zero-order valence-corrected chi connectivity index (χ0v) is 13.1. The summed E-state index contributed by atoms with van der Waals surface area (Å²) in [5.74, 6) is 0.559. The van der Waals surface area contributed by atoms with Crippen molar-refractivity contribution in [3.63, 3.8) is 0 Å². The Balaban J connectivity index is 2.01. The highest BCUT2D eigenvalue weighted by Gasteiger charge is 2.07. The van der Waals surface area contributed by atoms with Crippen molar-refractivity contribution in [3.05, 3.63) is 44.9 Å². The van der Waals surface area contributed by atoms with Gasteiger partial charge in [-0.15, -0.1) is 11.3 Å². The van der Waals surface area contributed by atoms with Gasteiger partial charge in [0.15, 0.2) is 5.78 Å². The summed E-state index contributed by atoms with van der Waals surface area (Å²) in [5.41, 5.74) is 1.49. The van der Waals surface area contributed by atoms with E-state index < -0.39 is 0 Å². The highest BCUT2D eigenvalue weighted by atomic mass is 35.5. The van der Waals surface area contributed by atoms with Crippen molar-refractivity contribution in [1.82, 2.24) is 4.98 Å². The molecule has 1 aromatic heterocycles. The first kappa shape index (κ1) is 15.0. The molecule has 0 atom stereocenters. The molecule has 106 valence electrons. The molecule has 0 spiro atoms. The predicted molar refractivity (Wildman–Crippen MR) is 81.9 cm³/mol. The van der Waals surface area contributed by atoms with E-state index in [4.69, 9.17) is 16.3 Å². The van der Waals surface area contributed by atoms with E-state index in [0.717, 1.165) is 23.5 Å². The third kappa shape index (κ3) is 3.81. The molecule has 0 amide bonds. The maximum absolute atomic E-state index is 11.2. The molecular formula is C15H16ClNO2S. The molecule has 1 aromatic carbocycles. The smallest absolute Gasteiger partial charge is 0.159 e. The number of nitrogens with zero attached hydrogens (tertiary/aromatic N) is 1. The number of rotatable bonds is 6. The number of thiazole rings is 1. The second-order valence-electron chi connectivity index (χ2n) is 4.47. The van der Waals surface area contributed by atoms with Gasteiger partial charge >= 0.3 is 0 Å². The maximum Gasteiger partial charge on any atom is 0.159 e. The SMILES string of the molecule is CCCc1nc(COc2ccc(C(C)=O)cc2Cl)cs1. The minimum absolute atomic E-state index is 0.0119. The van der Waals surface area contributed by atoms with Gasteiger partial charge in [0, 0.05) is 10.9 Å². The molecule has 0 aliphatic heterocycles. The predicted octanol–water partition coefficient (Wildman–Crippen LogP) is 4.53. The Kier molecular flexibility index (Phi) is 5.15. The molecule has 0 N–H and O–H groups in total. The van der Waals surface area contributed by atoms with Crippen LogP contribution >= 0.6 is 22.9 Å². The van der Waals surface area contributed by atoms with Crippen LogP contribution in [-0.2, 0) is 13.0 Å². The molecule has 2 rings (SSSR count). The van der Waals surface area contributed by atoms with Gasteiger partial charge < -0.3 is 4.74 Å². The Hall–Kier alpha value is -1.39. The molecule has 0 radical (unpaired) electrons. The Morgan fingerprint density at radius 3 is 2.90 bits per heavy atom. The maximum atomic E-state index is 11.2. The van der Waals surface area contributed by atoms with Crippen molar-refractivity contribution in [2.24, 2.45) is 0 Å². The molecule has 0 saturated carbocycles. The Morgan fingerprint density at radius 2 is 2.25 bits per heavy atom. The summed E-state index contributed by atoms with van der Waals surface area (Å²) in [5, 5.41) is 3.58. The van der Waals surface area contributed by atoms with E-state index >= 15 is 0 Å². The number of hydrogen-bond acceptors (Lipinski definition) is 4. The first-order chi connectivity index (χ1) is 9.60. The van der Waals surface area contributed by atoms with Crippen LogP contribution in [0.3, 0.4) is 0 Å². The number of aryl methyl sites for hydroxylation is 1. The minimum atomic E-state index is -0.0119. The topological polar surface area (TPSA) is 39.2 Å². The average Bonchev–Trinajstić information content (AvgIpc) is 2.85. The van der Waals surface area contributed by atoms with Crippen molar-refractivity contribution < 1.29 is 9.53 Å². The van der Waals surface area contributed by atoms with Crippen molar-refractivity contribution in [1.29, 1.82) is 0 Å². The fraction of sp³-hybridized carbons (Fsp3) is 0.333. The number of halogens is 1. The van der Waals surface area contributed by atoms with Crippen LogP contribution in [0, 0.1) is 0 Å². The van der Waals surface area contributed by atoms with Crippen LogP contribution in [0.1, 0.15) is 41.3 Å². The highest BCUT2D eigenvalue weighted by Crippen LogP contribution is 2.26. The molecule has 0 saturated heterocycles. The summed E-state index contributed by atoms with van der Waals surface area (Å²) in [6.45, 7) is 4.03. The van der Waals surface area contributed by atoms with E-state index in [1.165, 1.54) is 6.92 Å². The largest absolute Gasteiger partial charge is 0.486 e. The fourth-order valence-corrected chi connectivity index (χ4v) is 2.85. The second kappa shape index (κ2) is 6.86.